The van der Waals surface area contributed by atoms with Gasteiger partial charge < -0.3 is 20.1 Å². The summed E-state index contributed by atoms with van der Waals surface area (Å²) < 4.78 is 10.9. The van der Waals surface area contributed by atoms with E-state index in [9.17, 15) is 4.79 Å². The molecule has 2 aliphatic rings. The quantitative estimate of drug-likeness (QED) is 0.871. The van der Waals surface area contributed by atoms with Crippen molar-refractivity contribution in [3.63, 3.8) is 0 Å². The smallest absolute Gasteiger partial charge is 0.262 e. The van der Waals surface area contributed by atoms with E-state index < -0.39 is 0 Å². The minimum atomic E-state index is -0.107. The van der Waals surface area contributed by atoms with Gasteiger partial charge in [-0.1, -0.05) is 0 Å². The Morgan fingerprint density at radius 1 is 1.47 bits per heavy atom. The minimum Gasteiger partial charge on any atom is -0.482 e. The molecule has 0 spiro atoms. The van der Waals surface area contributed by atoms with Crippen molar-refractivity contribution in [3.8, 4) is 5.75 Å². The molecule has 102 valence electrons. The van der Waals surface area contributed by atoms with E-state index in [-0.39, 0.29) is 12.5 Å². The summed E-state index contributed by atoms with van der Waals surface area (Å²) in [5, 5.41) is 6.25. The fourth-order valence-corrected chi connectivity index (χ4v) is 2.46. The molecule has 3 rings (SSSR count). The standard InChI is InChI=1S/C14H18N2O3/c1-2-18-11-5-10(6-11)15-9-3-4-13-12(7-9)16-14(17)8-19-13/h3-4,7,10-11,15H,2,5-6,8H2,1H3,(H,16,17). The summed E-state index contributed by atoms with van der Waals surface area (Å²) in [6.07, 6.45) is 2.46. The summed E-state index contributed by atoms with van der Waals surface area (Å²) in [6.45, 7) is 2.89. The molecule has 0 unspecified atom stereocenters. The molecule has 0 saturated heterocycles. The lowest BCUT2D eigenvalue weighted by atomic mass is 9.89. The molecule has 0 atom stereocenters. The molecular formula is C14H18N2O3. The number of nitrogens with one attached hydrogen (secondary N) is 2. The van der Waals surface area contributed by atoms with Gasteiger partial charge in [-0.05, 0) is 38.0 Å². The summed E-state index contributed by atoms with van der Waals surface area (Å²) in [5.41, 5.74) is 1.74. The molecule has 0 aromatic heterocycles. The van der Waals surface area contributed by atoms with Gasteiger partial charge in [-0.2, -0.15) is 0 Å². The zero-order valence-corrected chi connectivity index (χ0v) is 10.9. The number of anilines is 2. The van der Waals surface area contributed by atoms with Crippen LogP contribution in [0.2, 0.25) is 0 Å². The Hall–Kier alpha value is -1.75. The summed E-state index contributed by atoms with van der Waals surface area (Å²) in [5.74, 6) is 0.621. The fraction of sp³-hybridized carbons (Fsp3) is 0.500. The van der Waals surface area contributed by atoms with Crippen molar-refractivity contribution < 1.29 is 14.3 Å². The second kappa shape index (κ2) is 5.09. The van der Waals surface area contributed by atoms with Crippen LogP contribution in [-0.2, 0) is 9.53 Å². The van der Waals surface area contributed by atoms with Gasteiger partial charge in [0.1, 0.15) is 5.75 Å². The van der Waals surface area contributed by atoms with Crippen LogP contribution in [0.1, 0.15) is 19.8 Å². The zero-order chi connectivity index (χ0) is 13.2. The van der Waals surface area contributed by atoms with Crippen LogP contribution >= 0.6 is 0 Å². The van der Waals surface area contributed by atoms with Gasteiger partial charge in [0.15, 0.2) is 6.61 Å². The number of hydrogen-bond acceptors (Lipinski definition) is 4. The molecule has 1 saturated carbocycles. The first-order valence-electron chi connectivity index (χ1n) is 6.69. The highest BCUT2D eigenvalue weighted by molar-refractivity contribution is 5.96. The topological polar surface area (TPSA) is 59.6 Å². The van der Waals surface area contributed by atoms with Gasteiger partial charge in [0.2, 0.25) is 0 Å². The lowest BCUT2D eigenvalue weighted by Crippen LogP contribution is -2.40. The van der Waals surface area contributed by atoms with E-state index in [1.54, 1.807) is 0 Å². The van der Waals surface area contributed by atoms with Crippen LogP contribution in [0.5, 0.6) is 5.75 Å². The van der Waals surface area contributed by atoms with Gasteiger partial charge in [-0.25, -0.2) is 0 Å². The molecule has 1 heterocycles. The van der Waals surface area contributed by atoms with E-state index in [0.717, 1.165) is 36.6 Å². The van der Waals surface area contributed by atoms with Crippen LogP contribution in [0.15, 0.2) is 18.2 Å². The van der Waals surface area contributed by atoms with Crippen molar-refractivity contribution >= 4 is 17.3 Å². The van der Waals surface area contributed by atoms with Gasteiger partial charge in [-0.15, -0.1) is 0 Å². The highest BCUT2D eigenvalue weighted by Gasteiger charge is 2.29. The molecule has 5 heteroatoms. The lowest BCUT2D eigenvalue weighted by molar-refractivity contribution is -0.118. The number of amides is 1. The van der Waals surface area contributed by atoms with Crippen molar-refractivity contribution in [2.24, 2.45) is 0 Å². The van der Waals surface area contributed by atoms with Crippen molar-refractivity contribution in [1.82, 2.24) is 0 Å². The summed E-state index contributed by atoms with van der Waals surface area (Å²) >= 11 is 0. The van der Waals surface area contributed by atoms with E-state index in [1.165, 1.54) is 0 Å². The molecule has 1 aliphatic heterocycles. The second-order valence-electron chi connectivity index (χ2n) is 4.94. The Bertz CT molecular complexity index is 484. The Balaban J connectivity index is 1.60. The van der Waals surface area contributed by atoms with Gasteiger partial charge in [0.05, 0.1) is 11.8 Å². The second-order valence-corrected chi connectivity index (χ2v) is 4.94. The van der Waals surface area contributed by atoms with Gasteiger partial charge in [0.25, 0.3) is 5.91 Å². The van der Waals surface area contributed by atoms with Crippen LogP contribution in [0.3, 0.4) is 0 Å². The average molecular weight is 262 g/mol. The first-order valence-corrected chi connectivity index (χ1v) is 6.69. The fourth-order valence-electron chi connectivity index (χ4n) is 2.46. The summed E-state index contributed by atoms with van der Waals surface area (Å²) in [6, 6.07) is 6.23. The molecule has 1 aliphatic carbocycles. The van der Waals surface area contributed by atoms with Crippen LogP contribution < -0.4 is 15.4 Å². The monoisotopic (exact) mass is 262 g/mol. The van der Waals surface area contributed by atoms with Gasteiger partial charge in [-0.3, -0.25) is 4.79 Å². The molecular weight excluding hydrogens is 244 g/mol. The molecule has 19 heavy (non-hydrogen) atoms. The number of benzene rings is 1. The molecule has 0 bridgehead atoms. The number of fused-ring (bicyclic) bond motifs is 1. The van der Waals surface area contributed by atoms with Crippen molar-refractivity contribution in [2.45, 2.75) is 31.9 Å². The number of carbonyl (C=O) groups is 1. The highest BCUT2D eigenvalue weighted by atomic mass is 16.5. The summed E-state index contributed by atoms with van der Waals surface area (Å²) in [4.78, 5) is 11.3. The first kappa shape index (κ1) is 12.3. The van der Waals surface area contributed by atoms with Crippen molar-refractivity contribution in [3.05, 3.63) is 18.2 Å². The van der Waals surface area contributed by atoms with E-state index in [0.29, 0.717) is 12.1 Å². The van der Waals surface area contributed by atoms with E-state index in [4.69, 9.17) is 9.47 Å². The van der Waals surface area contributed by atoms with E-state index in [2.05, 4.69) is 10.6 Å². The predicted octanol–water partition coefficient (Wildman–Crippen LogP) is 2.00. The third-order valence-corrected chi connectivity index (χ3v) is 3.48. The molecule has 0 radical (unpaired) electrons. The molecule has 2 N–H and O–H groups in total. The lowest BCUT2D eigenvalue weighted by Gasteiger charge is -2.36. The zero-order valence-electron chi connectivity index (χ0n) is 10.9. The Kier molecular flexibility index (Phi) is 3.29. The van der Waals surface area contributed by atoms with Crippen molar-refractivity contribution in [1.29, 1.82) is 0 Å². The minimum absolute atomic E-state index is 0.0957. The van der Waals surface area contributed by atoms with Crippen LogP contribution in [0.25, 0.3) is 0 Å². The predicted molar refractivity (Wildman–Crippen MR) is 72.6 cm³/mol. The maximum Gasteiger partial charge on any atom is 0.262 e. The average Bonchev–Trinajstić information content (AvgIpc) is 2.36. The Morgan fingerprint density at radius 3 is 3.11 bits per heavy atom. The molecule has 1 aromatic carbocycles. The van der Waals surface area contributed by atoms with Gasteiger partial charge >= 0.3 is 0 Å². The highest BCUT2D eigenvalue weighted by Crippen LogP contribution is 2.33. The normalized spacial score (nSPS) is 24.8. The number of hydrogen-bond donors (Lipinski definition) is 2. The molecule has 1 aromatic rings. The number of rotatable bonds is 4. The number of carbonyl (C=O) groups excluding carboxylic acids is 1. The molecule has 1 fully saturated rings. The van der Waals surface area contributed by atoms with E-state index >= 15 is 0 Å². The van der Waals surface area contributed by atoms with Crippen LogP contribution in [0, 0.1) is 0 Å². The van der Waals surface area contributed by atoms with E-state index in [1.807, 2.05) is 25.1 Å². The van der Waals surface area contributed by atoms with Gasteiger partial charge in [0, 0.05) is 18.3 Å². The number of ether oxygens (including phenoxy) is 2. The SMILES string of the molecule is CCOC1CC(Nc2ccc3c(c2)NC(=O)CO3)C1. The Morgan fingerprint density at radius 2 is 2.32 bits per heavy atom. The van der Waals surface area contributed by atoms with Crippen LogP contribution in [-0.4, -0.2) is 31.3 Å². The maximum atomic E-state index is 11.3. The summed E-state index contributed by atoms with van der Waals surface area (Å²) in [7, 11) is 0. The largest absolute Gasteiger partial charge is 0.482 e. The van der Waals surface area contributed by atoms with Crippen molar-refractivity contribution in [2.75, 3.05) is 23.8 Å². The molecule has 1 amide bonds. The third kappa shape index (κ3) is 2.66. The first-order chi connectivity index (χ1) is 9.24. The third-order valence-electron chi connectivity index (χ3n) is 3.48. The molecule has 5 nitrogen and oxygen atoms in total. The maximum absolute atomic E-state index is 11.3. The Labute approximate surface area is 112 Å². The van der Waals surface area contributed by atoms with Crippen LogP contribution in [0.4, 0.5) is 11.4 Å².